The van der Waals surface area contributed by atoms with Crippen LogP contribution in [0.5, 0.6) is 11.5 Å². The predicted octanol–water partition coefficient (Wildman–Crippen LogP) is 11.0. The maximum absolute atomic E-state index is 13.6. The smallest absolute Gasteiger partial charge is 0.472 e. The Kier molecular flexibility index (Phi) is 25.3. The molecule has 0 saturated heterocycles. The molecule has 0 bridgehead atoms. The molecule has 0 heterocycles. The maximum atomic E-state index is 13.6. The number of methoxy groups -OCH3 is 2. The van der Waals surface area contributed by atoms with E-state index in [-0.39, 0.29) is 78.2 Å². The van der Waals surface area contributed by atoms with Crippen molar-refractivity contribution < 1.29 is 84.3 Å². The Morgan fingerprint density at radius 2 is 1.00 bits per heavy atom. The van der Waals surface area contributed by atoms with Crippen LogP contribution in [0.1, 0.15) is 67.9 Å². The zero-order chi connectivity index (χ0) is 60.1. The normalized spacial score (nSPS) is 15.3. The summed E-state index contributed by atoms with van der Waals surface area (Å²) < 4.78 is 98.4. The lowest BCUT2D eigenvalue weighted by molar-refractivity contribution is 0.0178. The number of hydrogen-bond acceptors (Lipinski definition) is 16. The van der Waals surface area contributed by atoms with Crippen LogP contribution in [0.15, 0.2) is 115 Å². The van der Waals surface area contributed by atoms with Gasteiger partial charge < -0.3 is 49.2 Å². The van der Waals surface area contributed by atoms with Crippen LogP contribution in [0.25, 0.3) is 43.1 Å². The van der Waals surface area contributed by atoms with Crippen LogP contribution in [0.2, 0.25) is 0 Å². The van der Waals surface area contributed by atoms with E-state index in [1.807, 2.05) is 115 Å². The summed E-state index contributed by atoms with van der Waals surface area (Å²) in [5, 5.41) is 16.4. The van der Waals surface area contributed by atoms with Crippen molar-refractivity contribution in [1.29, 1.82) is 0 Å². The van der Waals surface area contributed by atoms with Crippen molar-refractivity contribution in [2.75, 3.05) is 86.8 Å². The molecule has 7 atom stereocenters. The lowest BCUT2D eigenvalue weighted by Crippen LogP contribution is -2.20. The highest BCUT2D eigenvalue weighted by Gasteiger charge is 2.30. The van der Waals surface area contributed by atoms with E-state index in [0.717, 1.165) is 76.8 Å². The number of phosphoric acid groups is 3. The molecule has 7 rings (SSSR count). The molecule has 0 saturated carbocycles. The Morgan fingerprint density at radius 3 is 1.60 bits per heavy atom. The highest BCUT2D eigenvalue weighted by molar-refractivity contribution is 7.47. The quantitative estimate of drug-likeness (QED) is 0.0111. The van der Waals surface area contributed by atoms with Gasteiger partial charge in [-0.1, -0.05) is 84.3 Å². The summed E-state index contributed by atoms with van der Waals surface area (Å²) in [6.07, 6.45) is -0.706. The summed E-state index contributed by atoms with van der Waals surface area (Å²) in [7, 11) is -10.5. The van der Waals surface area contributed by atoms with E-state index in [4.69, 9.17) is 56.6 Å². The molecule has 0 aliphatic carbocycles. The number of fused-ring (bicyclic) bond motifs is 4. The third kappa shape index (κ3) is 20.0. The number of nitrogens with two attached hydrogens (primary N) is 1. The lowest BCUT2D eigenvalue weighted by Gasteiger charge is -2.23. The van der Waals surface area contributed by atoms with Crippen molar-refractivity contribution in [3.05, 3.63) is 143 Å². The third-order valence-corrected chi connectivity index (χ3v) is 16.5. The molecule has 7 unspecified atom stereocenters. The molecule has 22 heteroatoms. The minimum Gasteiger partial charge on any atom is -0.497 e. The fourth-order valence-electron chi connectivity index (χ4n) is 9.08. The molecule has 7 aromatic carbocycles. The van der Waals surface area contributed by atoms with Crippen molar-refractivity contribution in [3.63, 3.8) is 0 Å². The number of phosphoric ester groups is 3. The molecule has 0 spiro atoms. The van der Waals surface area contributed by atoms with Crippen molar-refractivity contribution in [1.82, 2.24) is 0 Å². The van der Waals surface area contributed by atoms with Gasteiger partial charge in [0.2, 0.25) is 0 Å². The first-order valence-corrected chi connectivity index (χ1v) is 32.0. The molecule has 7 aromatic rings. The number of aliphatic hydroxyl groups is 1. The molecule has 0 aliphatic rings. The van der Waals surface area contributed by atoms with Gasteiger partial charge in [0.15, 0.2) is 0 Å². The second kappa shape index (κ2) is 32.2. The fourth-order valence-corrected chi connectivity index (χ4v) is 11.6. The first-order chi connectivity index (χ1) is 40.4. The van der Waals surface area contributed by atoms with Gasteiger partial charge >= 0.3 is 23.5 Å². The molecular weight excluding hydrogens is 1140 g/mol. The summed E-state index contributed by atoms with van der Waals surface area (Å²) >= 11 is 0. The number of benzene rings is 7. The Hall–Kier alpha value is -5.57. The standard InChI is InChI=1S/C62H74NO18P3/c1-44(26-30-64)75-35-37-78-83(67,68)79-42-48(43-80-84(69,70)81-46(3)27-31-74-45(2)28-32-76-82(65,66)77-36-34-73-33-29-63)38-47-16-21-60-59(22-17-49-10-8-12-51-40-53(71-4)19-24-55(49)51)57-14-6-7-15-58(57)61(62(60)39-47)23-18-50-11-9-13-52-41-54(72-5)20-25-56(50)52/h6-16,19-21,24-25,39-41,44-46,48,64H,26-38,42-43,63H2,1-5H3,(H,65,66)(H,67,68)(H,69,70). The predicted molar refractivity (Wildman–Crippen MR) is 323 cm³/mol. The molecule has 0 aliphatic heterocycles. The summed E-state index contributed by atoms with van der Waals surface area (Å²) in [6, 6.07) is 37.4. The summed E-state index contributed by atoms with van der Waals surface area (Å²) in [6.45, 7) is 4.19. The van der Waals surface area contributed by atoms with Crippen LogP contribution in [0.3, 0.4) is 0 Å². The second-order valence-corrected chi connectivity index (χ2v) is 24.1. The van der Waals surface area contributed by atoms with E-state index in [0.29, 0.717) is 18.5 Å². The first kappa shape index (κ1) is 66.0. The van der Waals surface area contributed by atoms with Crippen LogP contribution in [0.4, 0.5) is 0 Å². The van der Waals surface area contributed by atoms with Gasteiger partial charge in [-0.15, -0.1) is 0 Å². The number of aliphatic hydroxyl groups excluding tert-OH is 1. The van der Waals surface area contributed by atoms with Crippen LogP contribution in [0, 0.1) is 29.6 Å². The van der Waals surface area contributed by atoms with Gasteiger partial charge in [0.1, 0.15) is 11.5 Å². The highest BCUT2D eigenvalue weighted by atomic mass is 31.2. The summed E-state index contributed by atoms with van der Waals surface area (Å²) in [5.41, 5.74) is 9.18. The Labute approximate surface area is 490 Å². The average molecular weight is 1210 g/mol. The molecule has 0 radical (unpaired) electrons. The van der Waals surface area contributed by atoms with Crippen LogP contribution in [-0.2, 0) is 61.5 Å². The van der Waals surface area contributed by atoms with Gasteiger partial charge in [-0.05, 0) is 150 Å². The van der Waals surface area contributed by atoms with Gasteiger partial charge in [-0.3, -0.25) is 27.1 Å². The van der Waals surface area contributed by atoms with Crippen molar-refractivity contribution >= 4 is 66.6 Å². The lowest BCUT2D eigenvalue weighted by atomic mass is 9.89. The van der Waals surface area contributed by atoms with Crippen molar-refractivity contribution in [3.8, 4) is 35.2 Å². The summed E-state index contributed by atoms with van der Waals surface area (Å²) in [5.74, 6) is 14.6. The van der Waals surface area contributed by atoms with Gasteiger partial charge in [-0.2, -0.15) is 0 Å². The molecular formula is C62H74NO18P3. The first-order valence-electron chi connectivity index (χ1n) is 27.6. The molecule has 0 fully saturated rings. The molecule has 0 aromatic heterocycles. The van der Waals surface area contributed by atoms with E-state index in [1.54, 1.807) is 35.0 Å². The molecule has 6 N–H and O–H groups in total. The van der Waals surface area contributed by atoms with E-state index in [1.165, 1.54) is 0 Å². The van der Waals surface area contributed by atoms with Crippen LogP contribution < -0.4 is 15.2 Å². The third-order valence-electron chi connectivity index (χ3n) is 13.4. The molecule has 0 amide bonds. The Morgan fingerprint density at radius 1 is 0.488 bits per heavy atom. The molecule has 450 valence electrons. The van der Waals surface area contributed by atoms with Crippen molar-refractivity contribution in [2.45, 2.75) is 64.8 Å². The SMILES string of the molecule is COc1ccc2c(C#Cc3c4ccccc4c(C#Cc4cccc5cc(OC)ccc45)c4cc(CC(COP(=O)(O)OCCOC(C)CCO)COP(=O)(O)OC(C)CCOC(C)CCOP(=O)(O)OCCOCCN)ccc34)cccc2c1. The highest BCUT2D eigenvalue weighted by Crippen LogP contribution is 2.48. The van der Waals surface area contributed by atoms with Crippen LogP contribution >= 0.6 is 23.5 Å². The monoisotopic (exact) mass is 1210 g/mol. The van der Waals surface area contributed by atoms with E-state index in [9.17, 15) is 33.5 Å². The van der Waals surface area contributed by atoms with Crippen LogP contribution in [-0.4, -0.2) is 125 Å². The number of hydrogen-bond donors (Lipinski definition) is 5. The van der Waals surface area contributed by atoms with E-state index >= 15 is 0 Å². The molecule has 84 heavy (non-hydrogen) atoms. The van der Waals surface area contributed by atoms with E-state index < -0.39 is 54.8 Å². The number of ether oxygens (including phenoxy) is 5. The Bertz CT molecular complexity index is 3600. The minimum atomic E-state index is -4.78. The molecule has 19 nitrogen and oxygen atoms in total. The van der Waals surface area contributed by atoms with Crippen molar-refractivity contribution in [2.24, 2.45) is 11.7 Å². The minimum absolute atomic E-state index is 0.0473. The Balaban J connectivity index is 1.16. The zero-order valence-corrected chi connectivity index (χ0v) is 50.5. The van der Waals surface area contributed by atoms with Gasteiger partial charge in [0.05, 0.1) is 85.4 Å². The second-order valence-electron chi connectivity index (χ2n) is 19.8. The number of rotatable bonds is 33. The van der Waals surface area contributed by atoms with Gasteiger partial charge in [-0.25, -0.2) is 13.7 Å². The zero-order valence-electron chi connectivity index (χ0n) is 47.8. The average Bonchev–Trinajstić information content (AvgIpc) is 2.11. The largest absolute Gasteiger partial charge is 0.497 e. The van der Waals surface area contributed by atoms with Gasteiger partial charge in [0, 0.05) is 47.9 Å². The van der Waals surface area contributed by atoms with Gasteiger partial charge in [0.25, 0.3) is 0 Å². The fraction of sp³-hybridized carbons (Fsp3) is 0.387. The topological polar surface area (TPSA) is 260 Å². The maximum Gasteiger partial charge on any atom is 0.472 e. The van der Waals surface area contributed by atoms with E-state index in [2.05, 4.69) is 23.7 Å². The summed E-state index contributed by atoms with van der Waals surface area (Å²) in [4.78, 5) is 31.8.